The van der Waals surface area contributed by atoms with Crippen LogP contribution in [0.2, 0.25) is 5.02 Å². The van der Waals surface area contributed by atoms with Gasteiger partial charge in [0.15, 0.2) is 5.82 Å². The molecule has 0 atom stereocenters. The van der Waals surface area contributed by atoms with Gasteiger partial charge >= 0.3 is 0 Å². The fourth-order valence-corrected chi connectivity index (χ4v) is 3.13. The summed E-state index contributed by atoms with van der Waals surface area (Å²) in [7, 11) is 1.92. The second-order valence-corrected chi connectivity index (χ2v) is 5.77. The molecule has 7 heteroatoms. The standard InChI is InChI=1S/C10H10BrClN4S/c1-16(3-7-2-6(11)4-17-7)10-8(12)9(13)14-5-15-10/h2,4-5H,3H2,1H3,(H2,13,14,15). The summed E-state index contributed by atoms with van der Waals surface area (Å²) in [4.78, 5) is 11.1. The summed E-state index contributed by atoms with van der Waals surface area (Å²) in [6, 6.07) is 2.07. The fourth-order valence-electron chi connectivity index (χ4n) is 1.39. The summed E-state index contributed by atoms with van der Waals surface area (Å²) in [5, 5.41) is 2.43. The lowest BCUT2D eigenvalue weighted by molar-refractivity contribution is 0.906. The number of thiophene rings is 1. The number of nitrogen functional groups attached to an aromatic ring is 1. The third-order valence-electron chi connectivity index (χ3n) is 2.17. The highest BCUT2D eigenvalue weighted by Gasteiger charge is 2.12. The maximum atomic E-state index is 6.06. The van der Waals surface area contributed by atoms with E-state index in [1.54, 1.807) is 11.3 Å². The topological polar surface area (TPSA) is 55.0 Å². The maximum absolute atomic E-state index is 6.06. The largest absolute Gasteiger partial charge is 0.382 e. The Morgan fingerprint density at radius 1 is 1.53 bits per heavy atom. The molecule has 0 aliphatic rings. The zero-order valence-corrected chi connectivity index (χ0v) is 12.2. The fraction of sp³-hybridized carbons (Fsp3) is 0.200. The zero-order valence-electron chi connectivity index (χ0n) is 9.02. The van der Waals surface area contributed by atoms with Crippen molar-refractivity contribution in [2.75, 3.05) is 17.7 Å². The Bertz CT molecular complexity index is 531. The molecule has 4 nitrogen and oxygen atoms in total. The first-order valence-electron chi connectivity index (χ1n) is 4.78. The molecule has 0 saturated carbocycles. The Morgan fingerprint density at radius 2 is 2.29 bits per heavy atom. The van der Waals surface area contributed by atoms with E-state index in [1.807, 2.05) is 17.3 Å². The van der Waals surface area contributed by atoms with Gasteiger partial charge in [-0.25, -0.2) is 9.97 Å². The van der Waals surface area contributed by atoms with Crippen LogP contribution in [0.15, 0.2) is 22.2 Å². The van der Waals surface area contributed by atoms with Crippen LogP contribution < -0.4 is 10.6 Å². The molecule has 2 rings (SSSR count). The number of rotatable bonds is 3. The summed E-state index contributed by atoms with van der Waals surface area (Å²) < 4.78 is 1.08. The lowest BCUT2D eigenvalue weighted by atomic mass is 10.4. The van der Waals surface area contributed by atoms with Crippen LogP contribution in [0.3, 0.4) is 0 Å². The molecule has 0 aromatic carbocycles. The third-order valence-corrected chi connectivity index (χ3v) is 4.22. The first-order chi connectivity index (χ1) is 8.08. The van der Waals surface area contributed by atoms with Crippen molar-refractivity contribution in [3.8, 4) is 0 Å². The van der Waals surface area contributed by atoms with Crippen molar-refractivity contribution >= 4 is 50.5 Å². The average Bonchev–Trinajstić information content (AvgIpc) is 2.68. The number of halogens is 2. The van der Waals surface area contributed by atoms with Gasteiger partial charge in [-0.15, -0.1) is 11.3 Å². The highest BCUT2D eigenvalue weighted by atomic mass is 79.9. The first-order valence-corrected chi connectivity index (χ1v) is 6.83. The van der Waals surface area contributed by atoms with Crippen molar-refractivity contribution in [1.82, 2.24) is 9.97 Å². The summed E-state index contributed by atoms with van der Waals surface area (Å²) in [5.74, 6) is 0.944. The summed E-state index contributed by atoms with van der Waals surface area (Å²) in [5.41, 5.74) is 5.64. The average molecular weight is 334 g/mol. The SMILES string of the molecule is CN(Cc1cc(Br)cs1)c1ncnc(N)c1Cl. The molecule has 2 N–H and O–H groups in total. The molecular formula is C10H10BrClN4S. The van der Waals surface area contributed by atoms with Gasteiger partial charge in [-0.1, -0.05) is 11.6 Å². The Balaban J connectivity index is 2.20. The van der Waals surface area contributed by atoms with E-state index in [0.717, 1.165) is 11.0 Å². The van der Waals surface area contributed by atoms with E-state index in [1.165, 1.54) is 11.2 Å². The van der Waals surface area contributed by atoms with Gasteiger partial charge in [-0.05, 0) is 22.0 Å². The van der Waals surface area contributed by atoms with Gasteiger partial charge in [0.2, 0.25) is 0 Å². The molecule has 0 fully saturated rings. The number of hydrogen-bond donors (Lipinski definition) is 1. The van der Waals surface area contributed by atoms with Gasteiger partial charge in [0.05, 0.1) is 6.54 Å². The maximum Gasteiger partial charge on any atom is 0.153 e. The van der Waals surface area contributed by atoms with Crippen LogP contribution >= 0.6 is 38.9 Å². The van der Waals surface area contributed by atoms with E-state index in [-0.39, 0.29) is 0 Å². The van der Waals surface area contributed by atoms with Crippen LogP contribution in [0.5, 0.6) is 0 Å². The van der Waals surface area contributed by atoms with E-state index in [9.17, 15) is 0 Å². The Kier molecular flexibility index (Phi) is 3.86. The minimum atomic E-state index is 0.302. The van der Waals surface area contributed by atoms with Crippen LogP contribution in [0.4, 0.5) is 11.6 Å². The van der Waals surface area contributed by atoms with Gasteiger partial charge in [0, 0.05) is 21.8 Å². The molecule has 0 saturated heterocycles. The minimum absolute atomic E-state index is 0.302. The smallest absolute Gasteiger partial charge is 0.153 e. The molecule has 2 aromatic rings. The molecule has 0 aliphatic carbocycles. The first kappa shape index (κ1) is 12.6. The lowest BCUT2D eigenvalue weighted by Crippen LogP contribution is -2.18. The number of nitrogens with zero attached hydrogens (tertiary/aromatic N) is 3. The third kappa shape index (κ3) is 2.88. The number of hydrogen-bond acceptors (Lipinski definition) is 5. The van der Waals surface area contributed by atoms with E-state index < -0.39 is 0 Å². The molecule has 0 unspecified atom stereocenters. The van der Waals surface area contributed by atoms with Crippen molar-refractivity contribution in [2.45, 2.75) is 6.54 Å². The zero-order chi connectivity index (χ0) is 12.4. The number of aromatic nitrogens is 2. The molecule has 2 aromatic heterocycles. The molecule has 17 heavy (non-hydrogen) atoms. The van der Waals surface area contributed by atoms with Crippen LogP contribution in [0, 0.1) is 0 Å². The predicted molar refractivity (Wildman–Crippen MR) is 75.6 cm³/mol. The summed E-state index contributed by atoms with van der Waals surface area (Å²) >= 11 is 11.2. The normalized spacial score (nSPS) is 10.5. The van der Waals surface area contributed by atoms with Crippen molar-refractivity contribution in [2.24, 2.45) is 0 Å². The van der Waals surface area contributed by atoms with Crippen molar-refractivity contribution < 1.29 is 0 Å². The highest BCUT2D eigenvalue weighted by Crippen LogP contribution is 2.28. The van der Waals surface area contributed by atoms with E-state index >= 15 is 0 Å². The summed E-state index contributed by atoms with van der Waals surface area (Å²) in [6.45, 7) is 0.729. The Labute approximate surface area is 117 Å². The van der Waals surface area contributed by atoms with E-state index in [2.05, 4.69) is 32.0 Å². The molecule has 0 bridgehead atoms. The second kappa shape index (κ2) is 5.20. The molecule has 90 valence electrons. The quantitative estimate of drug-likeness (QED) is 0.937. The second-order valence-electron chi connectivity index (χ2n) is 3.48. The summed E-state index contributed by atoms with van der Waals surface area (Å²) in [6.07, 6.45) is 1.41. The van der Waals surface area contributed by atoms with Gasteiger partial charge in [-0.3, -0.25) is 0 Å². The van der Waals surface area contributed by atoms with Crippen molar-refractivity contribution in [1.29, 1.82) is 0 Å². The van der Waals surface area contributed by atoms with Crippen LogP contribution in [-0.4, -0.2) is 17.0 Å². The van der Waals surface area contributed by atoms with E-state index in [0.29, 0.717) is 16.7 Å². The number of anilines is 2. The molecule has 0 spiro atoms. The molecule has 0 radical (unpaired) electrons. The van der Waals surface area contributed by atoms with Gasteiger partial charge in [-0.2, -0.15) is 0 Å². The predicted octanol–water partition coefficient (Wildman–Crippen LogP) is 3.17. The minimum Gasteiger partial charge on any atom is -0.382 e. The van der Waals surface area contributed by atoms with Crippen LogP contribution in [0.25, 0.3) is 0 Å². The Hall–Kier alpha value is -0.850. The molecule has 2 heterocycles. The van der Waals surface area contributed by atoms with Gasteiger partial charge in [0.1, 0.15) is 17.2 Å². The Morgan fingerprint density at radius 3 is 2.94 bits per heavy atom. The van der Waals surface area contributed by atoms with Gasteiger partial charge < -0.3 is 10.6 Å². The van der Waals surface area contributed by atoms with E-state index in [4.69, 9.17) is 17.3 Å². The molecule has 0 amide bonds. The van der Waals surface area contributed by atoms with Crippen LogP contribution in [-0.2, 0) is 6.54 Å². The molecule has 0 aliphatic heterocycles. The van der Waals surface area contributed by atoms with Crippen LogP contribution in [0.1, 0.15) is 4.88 Å². The van der Waals surface area contributed by atoms with Crippen molar-refractivity contribution in [3.05, 3.63) is 32.1 Å². The molecular weight excluding hydrogens is 324 g/mol. The van der Waals surface area contributed by atoms with Gasteiger partial charge in [0.25, 0.3) is 0 Å². The monoisotopic (exact) mass is 332 g/mol. The van der Waals surface area contributed by atoms with Crippen molar-refractivity contribution in [3.63, 3.8) is 0 Å². The lowest BCUT2D eigenvalue weighted by Gasteiger charge is -2.18. The number of nitrogens with two attached hydrogens (primary N) is 1. The highest BCUT2D eigenvalue weighted by molar-refractivity contribution is 9.10.